The molecule has 0 aliphatic heterocycles. The Kier molecular flexibility index (Phi) is 32.9. The van der Waals surface area contributed by atoms with Crippen LogP contribution in [0.1, 0.15) is 6.92 Å². The summed E-state index contributed by atoms with van der Waals surface area (Å²) in [4.78, 5) is 10.9. The summed E-state index contributed by atoms with van der Waals surface area (Å²) in [5, 5.41) is 7.32. The summed E-state index contributed by atoms with van der Waals surface area (Å²) >= 11 is 10.1. The molecule has 0 rings (SSSR count). The van der Waals surface area contributed by atoms with Gasteiger partial charge in [-0.2, -0.15) is 5.26 Å². The normalized spacial score (nSPS) is 6.00. The van der Waals surface area contributed by atoms with Crippen LogP contribution in [0.15, 0.2) is 0 Å². The summed E-state index contributed by atoms with van der Waals surface area (Å²) in [5.41, 5.74) is 0. The molecule has 1 amide bonds. The van der Waals surface area contributed by atoms with E-state index in [9.17, 15) is 4.79 Å². The first-order chi connectivity index (χ1) is 5.60. The van der Waals surface area contributed by atoms with Crippen molar-refractivity contribution in [2.75, 3.05) is 25.9 Å². The van der Waals surface area contributed by atoms with Crippen molar-refractivity contribution >= 4 is 29.6 Å². The lowest BCUT2D eigenvalue weighted by Gasteiger charge is -1.93. The van der Waals surface area contributed by atoms with Gasteiger partial charge in [-0.25, -0.2) is 0 Å². The van der Waals surface area contributed by atoms with E-state index in [1.54, 1.807) is 20.2 Å². The van der Waals surface area contributed by atoms with Crippen LogP contribution < -0.4 is 0 Å². The largest absolute Gasteiger partial charge is 0.351 e. The van der Waals surface area contributed by atoms with Gasteiger partial charge in [0.15, 0.2) is 0 Å². The van der Waals surface area contributed by atoms with Gasteiger partial charge in [-0.1, -0.05) is 0 Å². The number of amides is 1. The molecule has 0 unspecified atom stereocenters. The maximum atomic E-state index is 9.43. The summed E-state index contributed by atoms with van der Waals surface area (Å²) in [7, 11) is 3.38. The summed E-state index contributed by atoms with van der Waals surface area (Å²) in [5.74, 6) is 1.11. The van der Waals surface area contributed by atoms with E-state index in [1.165, 1.54) is 11.8 Å². The minimum absolute atomic E-state index is 0.557. The van der Waals surface area contributed by atoms with Gasteiger partial charge in [0.2, 0.25) is 6.41 Å². The van der Waals surface area contributed by atoms with Gasteiger partial charge in [-0.15, -0.1) is 23.2 Å². The highest BCUT2D eigenvalue weighted by Crippen LogP contribution is 1.75. The zero-order valence-corrected chi connectivity index (χ0v) is 9.06. The third-order valence-electron chi connectivity index (χ3n) is 0.282. The molecule has 0 aromatic heterocycles. The van der Waals surface area contributed by atoms with Crippen LogP contribution in [0.5, 0.6) is 0 Å². The van der Waals surface area contributed by atoms with Gasteiger partial charge >= 0.3 is 0 Å². The average Bonchev–Trinajstić information content (AvgIpc) is 2.06. The maximum Gasteiger partial charge on any atom is 0.209 e. The van der Waals surface area contributed by atoms with E-state index in [0.29, 0.717) is 11.8 Å². The molecule has 0 saturated carbocycles. The average molecular weight is 213 g/mol. The van der Waals surface area contributed by atoms with Crippen LogP contribution in [0, 0.1) is 11.3 Å². The van der Waals surface area contributed by atoms with E-state index in [0.717, 1.165) is 6.41 Å². The van der Waals surface area contributed by atoms with E-state index in [2.05, 4.69) is 0 Å². The smallest absolute Gasteiger partial charge is 0.209 e. The monoisotopic (exact) mass is 212 g/mol. The summed E-state index contributed by atoms with van der Waals surface area (Å²) in [6.45, 7) is 1.43. The number of alkyl halides is 2. The minimum atomic E-state index is 0.557. The molecule has 0 bridgehead atoms. The number of nitrogens with zero attached hydrogens (tertiary/aromatic N) is 2. The van der Waals surface area contributed by atoms with Crippen molar-refractivity contribution < 1.29 is 4.79 Å². The number of halogens is 2. The predicted molar refractivity (Wildman–Crippen MR) is 52.5 cm³/mol. The molecular weight excluding hydrogens is 199 g/mol. The quantitative estimate of drug-likeness (QED) is 0.517. The van der Waals surface area contributed by atoms with Gasteiger partial charge in [0.25, 0.3) is 0 Å². The van der Waals surface area contributed by atoms with Crippen molar-refractivity contribution in [3.05, 3.63) is 0 Å². The molecule has 0 aromatic rings. The van der Waals surface area contributed by atoms with Crippen molar-refractivity contribution in [2.45, 2.75) is 6.92 Å². The summed E-state index contributed by atoms with van der Waals surface area (Å²) in [6.07, 6.45) is 0.750. The third-order valence-corrected chi connectivity index (χ3v) is 0.854. The van der Waals surface area contributed by atoms with Crippen LogP contribution in [-0.4, -0.2) is 37.2 Å². The fraction of sp³-hybridized carbons (Fsp3) is 0.714. The molecule has 0 aromatic carbocycles. The van der Waals surface area contributed by atoms with Crippen molar-refractivity contribution in [2.24, 2.45) is 0 Å². The molecule has 0 N–H and O–H groups in total. The zero-order chi connectivity index (χ0) is 10.4. The second-order valence-electron chi connectivity index (χ2n) is 1.67. The Hall–Kier alpha value is -0.460. The van der Waals surface area contributed by atoms with Crippen molar-refractivity contribution in [1.82, 2.24) is 4.90 Å². The summed E-state index contributed by atoms with van der Waals surface area (Å²) in [6, 6.07) is 1.75. The Morgan fingerprint density at radius 3 is 1.58 bits per heavy atom. The van der Waals surface area contributed by atoms with E-state index in [-0.39, 0.29) is 0 Å². The molecule has 12 heavy (non-hydrogen) atoms. The highest BCUT2D eigenvalue weighted by Gasteiger charge is 1.68. The molecule has 0 heterocycles. The molecule has 0 radical (unpaired) electrons. The minimum Gasteiger partial charge on any atom is -0.351 e. The van der Waals surface area contributed by atoms with Gasteiger partial charge < -0.3 is 4.90 Å². The van der Waals surface area contributed by atoms with E-state index in [1.807, 2.05) is 0 Å². The van der Waals surface area contributed by atoms with Gasteiger partial charge in [0, 0.05) is 32.8 Å². The number of nitriles is 1. The maximum absolute atomic E-state index is 9.43. The molecule has 0 fully saturated rings. The van der Waals surface area contributed by atoms with Crippen molar-refractivity contribution in [1.29, 1.82) is 5.26 Å². The number of carbonyl (C=O) groups excluding carboxylic acids is 1. The molecule has 3 nitrogen and oxygen atoms in total. The standard InChI is InChI=1S/C3H7NO.C2H4Cl2.C2H3N/c1-4(2)3-5;3-1-2-4;1-2-3/h3H,1-2H3;1-2H2;1H3. The SMILES string of the molecule is CC#N.CN(C)C=O.ClCCCl. The third kappa shape index (κ3) is 108. The van der Waals surface area contributed by atoms with Crippen molar-refractivity contribution in [3.63, 3.8) is 0 Å². The number of hydrogen-bond donors (Lipinski definition) is 0. The van der Waals surface area contributed by atoms with Crippen LogP contribution in [0.25, 0.3) is 0 Å². The van der Waals surface area contributed by atoms with Crippen LogP contribution in [0.3, 0.4) is 0 Å². The number of carbonyl (C=O) groups is 1. The first-order valence-corrected chi connectivity index (χ1v) is 4.22. The Bertz CT molecular complexity index is 110. The Labute approximate surface area is 83.9 Å². The van der Waals surface area contributed by atoms with Crippen LogP contribution in [0.4, 0.5) is 0 Å². The lowest BCUT2D eigenvalue weighted by Crippen LogP contribution is -2.06. The second-order valence-corrected chi connectivity index (χ2v) is 2.43. The van der Waals surface area contributed by atoms with Gasteiger partial charge in [0.1, 0.15) is 0 Å². The zero-order valence-electron chi connectivity index (χ0n) is 7.55. The van der Waals surface area contributed by atoms with E-state index < -0.39 is 0 Å². The first kappa shape index (κ1) is 17.6. The molecule has 0 aliphatic rings. The lowest BCUT2D eigenvalue weighted by molar-refractivity contribution is -0.115. The Morgan fingerprint density at radius 2 is 1.58 bits per heavy atom. The molecule has 0 aliphatic carbocycles. The van der Waals surface area contributed by atoms with Crippen molar-refractivity contribution in [3.8, 4) is 6.07 Å². The van der Waals surface area contributed by atoms with Gasteiger partial charge in [-0.05, 0) is 0 Å². The Balaban J connectivity index is -0.000000105. The van der Waals surface area contributed by atoms with E-state index in [4.69, 9.17) is 28.5 Å². The first-order valence-electron chi connectivity index (χ1n) is 3.15. The second kappa shape index (κ2) is 22.4. The molecule has 0 saturated heterocycles. The molecule has 72 valence electrons. The predicted octanol–water partition coefficient (Wildman–Crippen LogP) is 1.70. The lowest BCUT2D eigenvalue weighted by atomic mass is 11.0. The molecule has 0 spiro atoms. The molecular formula is C7H14Cl2N2O. The number of hydrogen-bond acceptors (Lipinski definition) is 2. The van der Waals surface area contributed by atoms with Crippen LogP contribution in [-0.2, 0) is 4.79 Å². The summed E-state index contributed by atoms with van der Waals surface area (Å²) < 4.78 is 0. The topological polar surface area (TPSA) is 44.1 Å². The fourth-order valence-electron chi connectivity index (χ4n) is 0. The number of rotatable bonds is 2. The molecule has 0 atom stereocenters. The Morgan fingerprint density at radius 1 is 1.42 bits per heavy atom. The molecule has 5 heteroatoms. The van der Waals surface area contributed by atoms with Crippen LogP contribution in [0.2, 0.25) is 0 Å². The van der Waals surface area contributed by atoms with Gasteiger partial charge in [0.05, 0.1) is 6.07 Å². The van der Waals surface area contributed by atoms with Crippen LogP contribution >= 0.6 is 23.2 Å². The highest BCUT2D eigenvalue weighted by molar-refractivity contribution is 6.25. The highest BCUT2D eigenvalue weighted by atomic mass is 35.5. The van der Waals surface area contributed by atoms with E-state index >= 15 is 0 Å². The van der Waals surface area contributed by atoms with Gasteiger partial charge in [-0.3, -0.25) is 4.79 Å². The fourth-order valence-corrected chi connectivity index (χ4v) is 0.